The summed E-state index contributed by atoms with van der Waals surface area (Å²) in [4.78, 5) is 25.0. The molecule has 2 aromatic rings. The normalized spacial score (nSPS) is 17.1. The first kappa shape index (κ1) is 21.3. The third-order valence-electron chi connectivity index (χ3n) is 4.57. The lowest BCUT2D eigenvalue weighted by molar-refractivity contribution is -0.119. The molecule has 29 heavy (non-hydrogen) atoms. The minimum atomic E-state index is -3.84. The fraction of sp³-hybridized carbons (Fsp3) is 0.368. The van der Waals surface area contributed by atoms with Crippen LogP contribution < -0.4 is 10.1 Å². The molecule has 1 fully saturated rings. The summed E-state index contributed by atoms with van der Waals surface area (Å²) in [7, 11) is -2.34. The number of esters is 1. The van der Waals surface area contributed by atoms with Crippen molar-refractivity contribution in [2.45, 2.75) is 30.7 Å². The van der Waals surface area contributed by atoms with Crippen LogP contribution in [-0.2, 0) is 19.6 Å². The number of benzene rings is 1. The number of anilines is 1. The Balaban J connectivity index is 1.79. The minimum Gasteiger partial charge on any atom is -0.497 e. The minimum absolute atomic E-state index is 0.0985. The maximum atomic E-state index is 13.0. The van der Waals surface area contributed by atoms with Crippen molar-refractivity contribution >= 4 is 38.2 Å². The van der Waals surface area contributed by atoms with Crippen molar-refractivity contribution < 1.29 is 27.5 Å². The fourth-order valence-corrected chi connectivity index (χ4v) is 5.58. The molecule has 1 atom stereocenters. The highest BCUT2D eigenvalue weighted by atomic mass is 32.2. The molecule has 156 valence electrons. The number of carbonyl (C=O) groups excluding carboxylic acids is 2. The lowest BCUT2D eigenvalue weighted by Crippen LogP contribution is -2.43. The van der Waals surface area contributed by atoms with E-state index in [0.717, 1.165) is 0 Å². The van der Waals surface area contributed by atoms with E-state index in [1.165, 1.54) is 34.9 Å². The van der Waals surface area contributed by atoms with E-state index in [4.69, 9.17) is 9.47 Å². The van der Waals surface area contributed by atoms with Gasteiger partial charge in [0, 0.05) is 6.54 Å². The Bertz CT molecular complexity index is 984. The number of ether oxygens (including phenoxy) is 2. The molecule has 1 aromatic heterocycles. The number of thiophene rings is 1. The van der Waals surface area contributed by atoms with E-state index in [9.17, 15) is 18.0 Å². The van der Waals surface area contributed by atoms with Crippen molar-refractivity contribution in [2.75, 3.05) is 25.6 Å². The zero-order valence-electron chi connectivity index (χ0n) is 16.1. The molecule has 1 aromatic carbocycles. The summed E-state index contributed by atoms with van der Waals surface area (Å²) >= 11 is 1.19. The van der Waals surface area contributed by atoms with Gasteiger partial charge in [0.05, 0.1) is 24.2 Å². The fourth-order valence-electron chi connectivity index (χ4n) is 3.14. The first-order chi connectivity index (χ1) is 13.9. The second-order valence-corrected chi connectivity index (χ2v) is 9.13. The third kappa shape index (κ3) is 4.44. The average Bonchev–Trinajstić information content (AvgIpc) is 3.38. The van der Waals surface area contributed by atoms with Crippen LogP contribution in [0.4, 0.5) is 5.00 Å². The molecule has 1 unspecified atom stereocenters. The first-order valence-electron chi connectivity index (χ1n) is 9.10. The largest absolute Gasteiger partial charge is 0.497 e. The number of carbonyl (C=O) groups is 2. The van der Waals surface area contributed by atoms with Gasteiger partial charge in [-0.2, -0.15) is 4.31 Å². The molecule has 8 nitrogen and oxygen atoms in total. The number of hydrogen-bond acceptors (Lipinski definition) is 7. The number of nitrogens with one attached hydrogen (secondary N) is 1. The van der Waals surface area contributed by atoms with Crippen LogP contribution >= 0.6 is 11.3 Å². The molecule has 1 aliphatic rings. The van der Waals surface area contributed by atoms with Crippen molar-refractivity contribution in [1.82, 2.24) is 4.31 Å². The van der Waals surface area contributed by atoms with E-state index in [-0.39, 0.29) is 23.6 Å². The Hall–Kier alpha value is -2.43. The summed E-state index contributed by atoms with van der Waals surface area (Å²) in [5.74, 6) is -0.449. The Morgan fingerprint density at radius 2 is 1.97 bits per heavy atom. The predicted molar refractivity (Wildman–Crippen MR) is 109 cm³/mol. The second kappa shape index (κ2) is 8.93. The molecular formula is C19H22N2O6S2. The number of nitrogens with zero attached hydrogens (tertiary/aromatic N) is 1. The van der Waals surface area contributed by atoms with E-state index >= 15 is 0 Å². The highest BCUT2D eigenvalue weighted by molar-refractivity contribution is 7.89. The van der Waals surface area contributed by atoms with Gasteiger partial charge < -0.3 is 14.8 Å². The lowest BCUT2D eigenvalue weighted by Gasteiger charge is -2.23. The lowest BCUT2D eigenvalue weighted by atomic mass is 10.2. The van der Waals surface area contributed by atoms with Gasteiger partial charge in [-0.3, -0.25) is 4.79 Å². The Morgan fingerprint density at radius 3 is 2.62 bits per heavy atom. The van der Waals surface area contributed by atoms with Crippen molar-refractivity contribution in [3.05, 3.63) is 41.3 Å². The summed E-state index contributed by atoms with van der Waals surface area (Å²) in [6.07, 6.45) is 0.976. The first-order valence-corrected chi connectivity index (χ1v) is 11.4. The van der Waals surface area contributed by atoms with Gasteiger partial charge in [-0.1, -0.05) is 0 Å². The number of sulfonamides is 1. The highest BCUT2D eigenvalue weighted by Crippen LogP contribution is 2.30. The summed E-state index contributed by atoms with van der Waals surface area (Å²) in [5, 5.41) is 4.71. The summed E-state index contributed by atoms with van der Waals surface area (Å²) in [5.41, 5.74) is 0.257. The number of rotatable bonds is 7. The molecule has 1 saturated heterocycles. The molecule has 2 heterocycles. The molecule has 1 aliphatic heterocycles. The molecular weight excluding hydrogens is 416 g/mol. The molecule has 0 radical (unpaired) electrons. The smallest absolute Gasteiger partial charge is 0.341 e. The monoisotopic (exact) mass is 438 g/mol. The van der Waals surface area contributed by atoms with Crippen molar-refractivity contribution in [3.8, 4) is 5.75 Å². The molecule has 1 N–H and O–H groups in total. The van der Waals surface area contributed by atoms with E-state index in [1.54, 1.807) is 30.5 Å². The summed E-state index contributed by atoms with van der Waals surface area (Å²) in [6, 6.07) is 6.77. The maximum absolute atomic E-state index is 13.0. The zero-order valence-corrected chi connectivity index (χ0v) is 17.7. The number of hydrogen-bond donors (Lipinski definition) is 1. The Kier molecular flexibility index (Phi) is 6.56. The van der Waals surface area contributed by atoms with Crippen LogP contribution in [0.3, 0.4) is 0 Å². The van der Waals surface area contributed by atoms with Crippen LogP contribution in [0, 0.1) is 0 Å². The molecule has 3 rings (SSSR count). The molecule has 0 bridgehead atoms. The summed E-state index contributed by atoms with van der Waals surface area (Å²) in [6.45, 7) is 2.17. The van der Waals surface area contributed by atoms with E-state index < -0.39 is 27.9 Å². The van der Waals surface area contributed by atoms with Gasteiger partial charge in [0.1, 0.15) is 16.8 Å². The van der Waals surface area contributed by atoms with Crippen molar-refractivity contribution in [1.29, 1.82) is 0 Å². The Labute approximate surface area is 173 Å². The van der Waals surface area contributed by atoms with Crippen LogP contribution in [0.1, 0.15) is 30.1 Å². The quantitative estimate of drug-likeness (QED) is 0.667. The summed E-state index contributed by atoms with van der Waals surface area (Å²) < 4.78 is 37.4. The predicted octanol–water partition coefficient (Wildman–Crippen LogP) is 2.73. The van der Waals surface area contributed by atoms with Gasteiger partial charge in [0.25, 0.3) is 0 Å². The SMILES string of the molecule is CCOC(=O)c1ccsc1NC(=O)C1CCCN1S(=O)(=O)c1ccc(OC)cc1. The topological polar surface area (TPSA) is 102 Å². The third-order valence-corrected chi connectivity index (χ3v) is 7.32. The van der Waals surface area contributed by atoms with Gasteiger partial charge in [0.15, 0.2) is 0 Å². The highest BCUT2D eigenvalue weighted by Gasteiger charge is 2.39. The van der Waals surface area contributed by atoms with Crippen molar-refractivity contribution in [2.24, 2.45) is 0 Å². The zero-order chi connectivity index (χ0) is 21.0. The van der Waals surface area contributed by atoms with Gasteiger partial charge >= 0.3 is 5.97 Å². The average molecular weight is 439 g/mol. The van der Waals surface area contributed by atoms with E-state index in [2.05, 4.69) is 5.32 Å². The van der Waals surface area contributed by atoms with Crippen LogP contribution in [0.25, 0.3) is 0 Å². The Morgan fingerprint density at radius 1 is 1.24 bits per heavy atom. The van der Waals surface area contributed by atoms with Crippen LogP contribution in [0.5, 0.6) is 5.75 Å². The van der Waals surface area contributed by atoms with Crippen LogP contribution in [-0.4, -0.2) is 50.9 Å². The molecule has 1 amide bonds. The van der Waals surface area contributed by atoms with E-state index in [1.807, 2.05) is 0 Å². The molecule has 0 spiro atoms. The van der Waals surface area contributed by atoms with Gasteiger partial charge in [-0.15, -0.1) is 11.3 Å². The van der Waals surface area contributed by atoms with Gasteiger partial charge in [-0.05, 0) is 55.5 Å². The van der Waals surface area contributed by atoms with Gasteiger partial charge in [-0.25, -0.2) is 13.2 Å². The van der Waals surface area contributed by atoms with Crippen molar-refractivity contribution in [3.63, 3.8) is 0 Å². The van der Waals surface area contributed by atoms with E-state index in [0.29, 0.717) is 23.6 Å². The standard InChI is InChI=1S/C19H22N2O6S2/c1-3-27-19(23)15-10-12-28-18(15)20-17(22)16-5-4-11-21(16)29(24,25)14-8-6-13(26-2)7-9-14/h6-10,12,16H,3-5,11H2,1-2H3,(H,20,22). The number of amides is 1. The molecule has 0 aliphatic carbocycles. The van der Waals surface area contributed by atoms with Crippen LogP contribution in [0.15, 0.2) is 40.6 Å². The van der Waals surface area contributed by atoms with Crippen LogP contribution in [0.2, 0.25) is 0 Å². The second-order valence-electron chi connectivity index (χ2n) is 6.32. The molecule has 0 saturated carbocycles. The van der Waals surface area contributed by atoms with Gasteiger partial charge in [0.2, 0.25) is 15.9 Å². The number of methoxy groups -OCH3 is 1. The maximum Gasteiger partial charge on any atom is 0.341 e. The molecule has 10 heteroatoms.